The van der Waals surface area contributed by atoms with Gasteiger partial charge in [-0.1, -0.05) is 12.1 Å². The van der Waals surface area contributed by atoms with Crippen LogP contribution in [-0.2, 0) is 11.3 Å². The number of hydrogen-bond donors (Lipinski definition) is 2. The summed E-state index contributed by atoms with van der Waals surface area (Å²) in [6, 6.07) is 8.33. The average molecular weight is 236 g/mol. The van der Waals surface area contributed by atoms with Crippen molar-refractivity contribution in [1.82, 2.24) is 5.32 Å². The zero-order valence-electron chi connectivity index (χ0n) is 11.3. The van der Waals surface area contributed by atoms with Crippen molar-refractivity contribution in [2.24, 2.45) is 0 Å². The van der Waals surface area contributed by atoms with Crippen LogP contribution in [-0.4, -0.2) is 25.7 Å². The lowest BCUT2D eigenvalue weighted by Crippen LogP contribution is -2.38. The topological polar surface area (TPSA) is 33.3 Å². The first-order valence-corrected chi connectivity index (χ1v) is 6.08. The third-order valence-corrected chi connectivity index (χ3v) is 2.35. The van der Waals surface area contributed by atoms with Gasteiger partial charge in [0.05, 0.1) is 6.61 Å². The molecular formula is C14H24N2O. The van der Waals surface area contributed by atoms with Gasteiger partial charge in [0.25, 0.3) is 0 Å². The van der Waals surface area contributed by atoms with Gasteiger partial charge in [-0.3, -0.25) is 0 Å². The molecule has 0 aliphatic carbocycles. The summed E-state index contributed by atoms with van der Waals surface area (Å²) < 4.78 is 5.11. The molecule has 0 radical (unpaired) electrons. The monoisotopic (exact) mass is 236 g/mol. The highest BCUT2D eigenvalue weighted by Crippen LogP contribution is 2.10. The van der Waals surface area contributed by atoms with E-state index in [1.807, 2.05) is 6.07 Å². The average Bonchev–Trinajstić information content (AvgIpc) is 2.24. The van der Waals surface area contributed by atoms with Crippen LogP contribution < -0.4 is 10.6 Å². The Hall–Kier alpha value is -1.06. The number of hydrogen-bond acceptors (Lipinski definition) is 3. The first-order valence-electron chi connectivity index (χ1n) is 6.08. The molecule has 0 saturated carbocycles. The molecule has 0 spiro atoms. The van der Waals surface area contributed by atoms with E-state index in [0.29, 0.717) is 6.61 Å². The van der Waals surface area contributed by atoms with Gasteiger partial charge in [-0.15, -0.1) is 0 Å². The summed E-state index contributed by atoms with van der Waals surface area (Å²) in [4.78, 5) is 0. The van der Waals surface area contributed by atoms with Crippen LogP contribution in [0.25, 0.3) is 0 Å². The molecule has 0 saturated heterocycles. The van der Waals surface area contributed by atoms with Gasteiger partial charge in [0.15, 0.2) is 0 Å². The van der Waals surface area contributed by atoms with Crippen LogP contribution in [0.1, 0.15) is 26.3 Å². The van der Waals surface area contributed by atoms with Gasteiger partial charge < -0.3 is 15.4 Å². The van der Waals surface area contributed by atoms with Gasteiger partial charge in [-0.25, -0.2) is 0 Å². The van der Waals surface area contributed by atoms with E-state index in [2.05, 4.69) is 49.6 Å². The first kappa shape index (κ1) is 14.0. The smallest absolute Gasteiger partial charge is 0.0713 e. The number of rotatable bonds is 6. The van der Waals surface area contributed by atoms with Crippen LogP contribution in [0.5, 0.6) is 0 Å². The fourth-order valence-electron chi connectivity index (χ4n) is 1.58. The maximum absolute atomic E-state index is 5.11. The fraction of sp³-hybridized carbons (Fsp3) is 0.571. The van der Waals surface area contributed by atoms with Crippen molar-refractivity contribution in [2.75, 3.05) is 25.5 Å². The van der Waals surface area contributed by atoms with Gasteiger partial charge in [-0.05, 0) is 38.5 Å². The van der Waals surface area contributed by atoms with Crippen LogP contribution in [0.3, 0.4) is 0 Å². The quantitative estimate of drug-likeness (QED) is 0.745. The van der Waals surface area contributed by atoms with E-state index < -0.39 is 0 Å². The van der Waals surface area contributed by atoms with Crippen molar-refractivity contribution < 1.29 is 4.74 Å². The Morgan fingerprint density at radius 1 is 1.18 bits per heavy atom. The third-order valence-electron chi connectivity index (χ3n) is 2.35. The minimum atomic E-state index is 0.180. The minimum Gasteiger partial charge on any atom is -0.384 e. The normalized spacial score (nSPS) is 11.5. The standard InChI is InChI=1S/C14H24N2O/c1-14(2,3)16-9-8-15-13-7-5-6-12(10-13)11-17-4/h5-7,10,15-16H,8-9,11H2,1-4H3. The highest BCUT2D eigenvalue weighted by atomic mass is 16.5. The highest BCUT2D eigenvalue weighted by molar-refractivity contribution is 5.45. The fourth-order valence-corrected chi connectivity index (χ4v) is 1.58. The molecule has 0 heterocycles. The summed E-state index contributed by atoms with van der Waals surface area (Å²) in [6.07, 6.45) is 0. The maximum atomic E-state index is 5.11. The van der Waals surface area contributed by atoms with Crippen LogP contribution in [0, 0.1) is 0 Å². The highest BCUT2D eigenvalue weighted by Gasteiger charge is 2.06. The molecule has 1 rings (SSSR count). The summed E-state index contributed by atoms with van der Waals surface area (Å²) in [5.74, 6) is 0. The van der Waals surface area contributed by atoms with Crippen molar-refractivity contribution in [3.63, 3.8) is 0 Å². The molecule has 0 amide bonds. The largest absolute Gasteiger partial charge is 0.384 e. The number of methoxy groups -OCH3 is 1. The SMILES string of the molecule is COCc1cccc(NCCNC(C)(C)C)c1. The Morgan fingerprint density at radius 2 is 1.94 bits per heavy atom. The maximum Gasteiger partial charge on any atom is 0.0713 e. The van der Waals surface area contributed by atoms with Crippen molar-refractivity contribution in [1.29, 1.82) is 0 Å². The Balaban J connectivity index is 2.34. The molecule has 2 N–H and O–H groups in total. The van der Waals surface area contributed by atoms with Crippen molar-refractivity contribution in [3.8, 4) is 0 Å². The Labute approximate surface area is 105 Å². The molecule has 0 aromatic heterocycles. The van der Waals surface area contributed by atoms with E-state index in [4.69, 9.17) is 4.74 Å². The molecule has 0 aliphatic rings. The number of ether oxygens (including phenoxy) is 1. The van der Waals surface area contributed by atoms with E-state index in [1.54, 1.807) is 7.11 Å². The predicted molar refractivity (Wildman–Crippen MR) is 73.4 cm³/mol. The Kier molecular flexibility index (Phi) is 5.45. The minimum absolute atomic E-state index is 0.180. The van der Waals surface area contributed by atoms with Crippen LogP contribution >= 0.6 is 0 Å². The number of benzene rings is 1. The second-order valence-electron chi connectivity index (χ2n) is 5.24. The summed E-state index contributed by atoms with van der Waals surface area (Å²) in [6.45, 7) is 9.06. The van der Waals surface area contributed by atoms with E-state index in [1.165, 1.54) is 5.56 Å². The molecule has 0 bridgehead atoms. The van der Waals surface area contributed by atoms with Gasteiger partial charge in [0.1, 0.15) is 0 Å². The molecule has 1 aromatic carbocycles. The third kappa shape index (κ3) is 6.29. The van der Waals surface area contributed by atoms with E-state index >= 15 is 0 Å². The molecule has 17 heavy (non-hydrogen) atoms. The summed E-state index contributed by atoms with van der Waals surface area (Å²) in [5, 5.41) is 6.84. The molecule has 3 nitrogen and oxygen atoms in total. The second kappa shape index (κ2) is 6.62. The molecule has 3 heteroatoms. The Bertz CT molecular complexity index is 331. The van der Waals surface area contributed by atoms with E-state index in [-0.39, 0.29) is 5.54 Å². The van der Waals surface area contributed by atoms with Gasteiger partial charge in [0.2, 0.25) is 0 Å². The van der Waals surface area contributed by atoms with E-state index in [9.17, 15) is 0 Å². The van der Waals surface area contributed by atoms with Gasteiger partial charge in [0, 0.05) is 31.4 Å². The van der Waals surface area contributed by atoms with Gasteiger partial charge >= 0.3 is 0 Å². The molecule has 0 atom stereocenters. The zero-order chi connectivity index (χ0) is 12.7. The summed E-state index contributed by atoms with van der Waals surface area (Å²) in [5.41, 5.74) is 2.52. The second-order valence-corrected chi connectivity index (χ2v) is 5.24. The van der Waals surface area contributed by atoms with E-state index in [0.717, 1.165) is 18.8 Å². The van der Waals surface area contributed by atoms with Crippen LogP contribution in [0.2, 0.25) is 0 Å². The van der Waals surface area contributed by atoms with Gasteiger partial charge in [-0.2, -0.15) is 0 Å². The molecular weight excluding hydrogens is 212 g/mol. The lowest BCUT2D eigenvalue weighted by molar-refractivity contribution is 0.185. The molecule has 0 aliphatic heterocycles. The van der Waals surface area contributed by atoms with Crippen molar-refractivity contribution >= 4 is 5.69 Å². The van der Waals surface area contributed by atoms with Crippen LogP contribution in [0.4, 0.5) is 5.69 Å². The number of nitrogens with one attached hydrogen (secondary N) is 2. The predicted octanol–water partition coefficient (Wildman–Crippen LogP) is 2.63. The number of anilines is 1. The van der Waals surface area contributed by atoms with Crippen LogP contribution in [0.15, 0.2) is 24.3 Å². The molecule has 0 fully saturated rings. The zero-order valence-corrected chi connectivity index (χ0v) is 11.3. The van der Waals surface area contributed by atoms with Crippen molar-refractivity contribution in [2.45, 2.75) is 32.9 Å². The first-order chi connectivity index (χ1) is 8.01. The summed E-state index contributed by atoms with van der Waals surface area (Å²) >= 11 is 0. The van der Waals surface area contributed by atoms with Crippen molar-refractivity contribution in [3.05, 3.63) is 29.8 Å². The Morgan fingerprint density at radius 3 is 2.59 bits per heavy atom. The molecule has 0 unspecified atom stereocenters. The lowest BCUT2D eigenvalue weighted by Gasteiger charge is -2.20. The lowest BCUT2D eigenvalue weighted by atomic mass is 10.1. The molecule has 96 valence electrons. The molecule has 1 aromatic rings. The summed E-state index contributed by atoms with van der Waals surface area (Å²) in [7, 11) is 1.72.